The number of hydrogen-bond acceptors (Lipinski definition) is 3. The van der Waals surface area contributed by atoms with Gasteiger partial charge in [-0.15, -0.1) is 6.58 Å². The van der Waals surface area contributed by atoms with Gasteiger partial charge in [0.25, 0.3) is 0 Å². The third kappa shape index (κ3) is 3.86. The number of nitrogens with one attached hydrogen (secondary N) is 1. The van der Waals surface area contributed by atoms with Gasteiger partial charge in [-0.2, -0.15) is 0 Å². The molecule has 0 amide bonds. The van der Waals surface area contributed by atoms with Crippen LogP contribution in [0.4, 0.5) is 0 Å². The Kier molecular flexibility index (Phi) is 4.15. The summed E-state index contributed by atoms with van der Waals surface area (Å²) in [6.45, 7) is 7.26. The van der Waals surface area contributed by atoms with Gasteiger partial charge in [-0.25, -0.2) is 4.98 Å². The van der Waals surface area contributed by atoms with E-state index in [1.54, 1.807) is 0 Å². The maximum Gasteiger partial charge on any atom is 0.213 e. The van der Waals surface area contributed by atoms with E-state index < -0.39 is 0 Å². The van der Waals surface area contributed by atoms with Gasteiger partial charge in [0.1, 0.15) is 0 Å². The topological polar surface area (TPSA) is 34.1 Å². The number of aromatic nitrogens is 1. The zero-order valence-electron chi connectivity index (χ0n) is 10.4. The summed E-state index contributed by atoms with van der Waals surface area (Å²) in [5.41, 5.74) is 2.31. The summed E-state index contributed by atoms with van der Waals surface area (Å²) in [7, 11) is 0. The molecule has 2 rings (SSSR count). The third-order valence-electron chi connectivity index (χ3n) is 2.90. The maximum atomic E-state index is 5.52. The van der Waals surface area contributed by atoms with Gasteiger partial charge >= 0.3 is 0 Å². The molecule has 0 aromatic carbocycles. The lowest BCUT2D eigenvalue weighted by Gasteiger charge is -2.09. The summed E-state index contributed by atoms with van der Waals surface area (Å²) in [4.78, 5) is 4.45. The number of pyridine rings is 1. The largest absolute Gasteiger partial charge is 0.477 e. The first kappa shape index (κ1) is 12.1. The Morgan fingerprint density at radius 2 is 2.35 bits per heavy atom. The van der Waals surface area contributed by atoms with Crippen LogP contribution in [0.25, 0.3) is 0 Å². The molecule has 1 N–H and O–H groups in total. The average Bonchev–Trinajstić information content (AvgIpc) is 3.12. The molecule has 1 aliphatic carbocycles. The summed E-state index contributed by atoms with van der Waals surface area (Å²) < 4.78 is 5.52. The monoisotopic (exact) mass is 232 g/mol. The minimum atomic E-state index is 0.648. The summed E-state index contributed by atoms with van der Waals surface area (Å²) in [6, 6.07) is 4.78. The lowest BCUT2D eigenvalue weighted by atomic mass is 10.2. The molecule has 1 aromatic heterocycles. The van der Waals surface area contributed by atoms with E-state index >= 15 is 0 Å². The van der Waals surface area contributed by atoms with Gasteiger partial charge in [-0.3, -0.25) is 0 Å². The van der Waals surface area contributed by atoms with Crippen LogP contribution < -0.4 is 10.1 Å². The van der Waals surface area contributed by atoms with E-state index in [-0.39, 0.29) is 0 Å². The van der Waals surface area contributed by atoms with Crippen LogP contribution in [0.5, 0.6) is 5.88 Å². The van der Waals surface area contributed by atoms with Gasteiger partial charge in [0.05, 0.1) is 6.61 Å². The first-order chi connectivity index (χ1) is 8.29. The van der Waals surface area contributed by atoms with E-state index in [1.807, 2.05) is 19.1 Å². The fourth-order valence-corrected chi connectivity index (χ4v) is 1.62. The number of rotatable bonds is 7. The molecule has 0 unspecified atom stereocenters. The minimum absolute atomic E-state index is 0.648. The van der Waals surface area contributed by atoms with Crippen LogP contribution in [0.2, 0.25) is 0 Å². The summed E-state index contributed by atoms with van der Waals surface area (Å²) >= 11 is 0. The number of hydrogen-bond donors (Lipinski definition) is 1. The highest BCUT2D eigenvalue weighted by atomic mass is 16.5. The van der Waals surface area contributed by atoms with Gasteiger partial charge in [-0.05, 0) is 31.7 Å². The standard InChI is InChI=1S/C14H20N2O/c1-3-4-9-17-14-8-5-12(11(2)16-14)10-15-13-6-7-13/h3,5,8,13,15H,1,4,6-7,9-10H2,2H3. The second kappa shape index (κ2) is 5.82. The first-order valence-electron chi connectivity index (χ1n) is 6.23. The van der Waals surface area contributed by atoms with Gasteiger partial charge in [0.2, 0.25) is 5.88 Å². The van der Waals surface area contributed by atoms with Gasteiger partial charge in [0.15, 0.2) is 0 Å². The van der Waals surface area contributed by atoms with E-state index in [4.69, 9.17) is 4.74 Å². The van der Waals surface area contributed by atoms with Gasteiger partial charge in [-0.1, -0.05) is 12.1 Å². The van der Waals surface area contributed by atoms with Crippen LogP contribution in [-0.2, 0) is 6.54 Å². The molecule has 0 saturated heterocycles. The Labute approximate surface area is 103 Å². The van der Waals surface area contributed by atoms with Crippen molar-refractivity contribution in [2.24, 2.45) is 0 Å². The number of ether oxygens (including phenoxy) is 1. The predicted octanol–water partition coefficient (Wildman–Crippen LogP) is 2.60. The number of aryl methyl sites for hydroxylation is 1. The van der Waals surface area contributed by atoms with Gasteiger partial charge < -0.3 is 10.1 Å². The molecule has 0 atom stereocenters. The zero-order valence-corrected chi connectivity index (χ0v) is 10.4. The smallest absolute Gasteiger partial charge is 0.213 e. The molecule has 0 bridgehead atoms. The van der Waals surface area contributed by atoms with Crippen molar-refractivity contribution in [3.63, 3.8) is 0 Å². The first-order valence-corrected chi connectivity index (χ1v) is 6.23. The predicted molar refractivity (Wildman–Crippen MR) is 69.1 cm³/mol. The molecule has 1 aromatic rings. The fraction of sp³-hybridized carbons (Fsp3) is 0.500. The normalized spacial score (nSPS) is 14.6. The van der Waals surface area contributed by atoms with E-state index in [0.29, 0.717) is 12.5 Å². The van der Waals surface area contributed by atoms with Crippen molar-refractivity contribution in [2.75, 3.05) is 6.61 Å². The molecule has 0 radical (unpaired) electrons. The van der Waals surface area contributed by atoms with E-state index in [2.05, 4.69) is 22.9 Å². The highest BCUT2D eigenvalue weighted by Crippen LogP contribution is 2.20. The van der Waals surface area contributed by atoms with E-state index in [1.165, 1.54) is 18.4 Å². The molecule has 3 nitrogen and oxygen atoms in total. The summed E-state index contributed by atoms with van der Waals surface area (Å²) in [6.07, 6.45) is 5.33. The van der Waals surface area contributed by atoms with Crippen LogP contribution in [0, 0.1) is 6.92 Å². The van der Waals surface area contributed by atoms with Crippen LogP contribution >= 0.6 is 0 Å². The summed E-state index contributed by atoms with van der Waals surface area (Å²) in [5, 5.41) is 3.49. The van der Waals surface area contributed by atoms with Crippen molar-refractivity contribution >= 4 is 0 Å². The van der Waals surface area contributed by atoms with Crippen LogP contribution in [0.1, 0.15) is 30.5 Å². The SMILES string of the molecule is C=CCCOc1ccc(CNC2CC2)c(C)n1. The van der Waals surface area contributed by atoms with Crippen molar-refractivity contribution in [3.05, 3.63) is 36.0 Å². The lowest BCUT2D eigenvalue weighted by Crippen LogP contribution is -2.16. The Bertz CT molecular complexity index is 386. The van der Waals surface area contributed by atoms with Crippen molar-refractivity contribution in [1.29, 1.82) is 0 Å². The quantitative estimate of drug-likeness (QED) is 0.579. The highest BCUT2D eigenvalue weighted by molar-refractivity contribution is 5.25. The highest BCUT2D eigenvalue weighted by Gasteiger charge is 2.20. The van der Waals surface area contributed by atoms with Gasteiger partial charge in [0, 0.05) is 24.3 Å². The minimum Gasteiger partial charge on any atom is -0.477 e. The third-order valence-corrected chi connectivity index (χ3v) is 2.90. The molecule has 0 aliphatic heterocycles. The molecule has 1 aliphatic rings. The molecule has 3 heteroatoms. The molecule has 17 heavy (non-hydrogen) atoms. The van der Waals surface area contributed by atoms with Crippen LogP contribution in [0.3, 0.4) is 0 Å². The Balaban J connectivity index is 1.87. The van der Waals surface area contributed by atoms with E-state index in [0.717, 1.165) is 24.7 Å². The zero-order chi connectivity index (χ0) is 12.1. The van der Waals surface area contributed by atoms with Crippen LogP contribution in [-0.4, -0.2) is 17.6 Å². The Morgan fingerprint density at radius 1 is 1.53 bits per heavy atom. The molecule has 0 spiro atoms. The maximum absolute atomic E-state index is 5.52. The van der Waals surface area contributed by atoms with Crippen molar-refractivity contribution in [1.82, 2.24) is 10.3 Å². The molecule has 1 heterocycles. The molecule has 1 saturated carbocycles. The number of nitrogens with zero attached hydrogens (tertiary/aromatic N) is 1. The second-order valence-electron chi connectivity index (χ2n) is 4.48. The molecule has 92 valence electrons. The van der Waals surface area contributed by atoms with E-state index in [9.17, 15) is 0 Å². The average molecular weight is 232 g/mol. The second-order valence-corrected chi connectivity index (χ2v) is 4.48. The van der Waals surface area contributed by atoms with Crippen molar-refractivity contribution in [2.45, 2.75) is 38.8 Å². The molecule has 1 fully saturated rings. The fourth-order valence-electron chi connectivity index (χ4n) is 1.62. The van der Waals surface area contributed by atoms with Crippen molar-refractivity contribution in [3.8, 4) is 5.88 Å². The summed E-state index contributed by atoms with van der Waals surface area (Å²) in [5.74, 6) is 0.708. The Morgan fingerprint density at radius 3 is 3.00 bits per heavy atom. The Hall–Kier alpha value is -1.35. The molecular formula is C14H20N2O. The van der Waals surface area contributed by atoms with Crippen LogP contribution in [0.15, 0.2) is 24.8 Å². The lowest BCUT2D eigenvalue weighted by molar-refractivity contribution is 0.311. The van der Waals surface area contributed by atoms with Crippen molar-refractivity contribution < 1.29 is 4.74 Å². The molecular weight excluding hydrogens is 212 g/mol.